The second-order valence-electron chi connectivity index (χ2n) is 8.32. The van der Waals surface area contributed by atoms with Crippen molar-refractivity contribution >= 4 is 22.4 Å². The number of benzene rings is 2. The van der Waals surface area contributed by atoms with Crippen molar-refractivity contribution in [3.8, 4) is 11.5 Å². The Morgan fingerprint density at radius 3 is 2.50 bits per heavy atom. The number of halogens is 3. The Hall–Kier alpha value is -3.27. The molecule has 0 radical (unpaired) electrons. The number of alkyl halides is 3. The summed E-state index contributed by atoms with van der Waals surface area (Å²) in [6, 6.07) is 6.60. The molecule has 0 saturated carbocycles. The summed E-state index contributed by atoms with van der Waals surface area (Å²) < 4.78 is 56.9. The van der Waals surface area contributed by atoms with E-state index in [-0.39, 0.29) is 11.8 Å². The Bertz CT molecular complexity index is 1180. The fourth-order valence-electron chi connectivity index (χ4n) is 3.97. The SMILES string of the molecule is COc1cc2c(NC(C)c3cc(N)cc(C(F)(F)F)c3)nc(C)nc2cc1OC1CCOCC1. The van der Waals surface area contributed by atoms with Crippen LogP contribution in [0.2, 0.25) is 0 Å². The number of hydrogen-bond donors (Lipinski definition) is 2. The maximum atomic E-state index is 13.3. The molecule has 1 atom stereocenters. The molecule has 1 aliphatic rings. The minimum Gasteiger partial charge on any atom is -0.493 e. The van der Waals surface area contributed by atoms with Crippen molar-refractivity contribution in [3.05, 3.63) is 47.3 Å². The quantitative estimate of drug-likeness (QED) is 0.468. The van der Waals surface area contributed by atoms with Gasteiger partial charge in [0.1, 0.15) is 17.7 Å². The zero-order chi connectivity index (χ0) is 24.5. The summed E-state index contributed by atoms with van der Waals surface area (Å²) in [6.07, 6.45) is -2.90. The molecule has 3 aromatic rings. The van der Waals surface area contributed by atoms with E-state index >= 15 is 0 Å². The molecule has 1 unspecified atom stereocenters. The number of nitrogens with one attached hydrogen (secondary N) is 1. The summed E-state index contributed by atoms with van der Waals surface area (Å²) in [7, 11) is 1.55. The number of rotatable bonds is 6. The molecule has 2 heterocycles. The predicted octanol–water partition coefficient (Wildman–Crippen LogP) is 5.28. The van der Waals surface area contributed by atoms with E-state index in [1.165, 1.54) is 6.07 Å². The smallest absolute Gasteiger partial charge is 0.416 e. The molecule has 0 bridgehead atoms. The molecule has 2 aromatic carbocycles. The van der Waals surface area contributed by atoms with Gasteiger partial charge in [-0.2, -0.15) is 13.2 Å². The Labute approximate surface area is 195 Å². The molecular formula is C24H27F3N4O3. The molecule has 0 amide bonds. The van der Waals surface area contributed by atoms with E-state index in [9.17, 15) is 13.2 Å². The third-order valence-electron chi connectivity index (χ3n) is 5.71. The molecule has 10 heteroatoms. The van der Waals surface area contributed by atoms with Gasteiger partial charge in [-0.05, 0) is 43.7 Å². The van der Waals surface area contributed by atoms with Crippen molar-refractivity contribution in [2.75, 3.05) is 31.4 Å². The Morgan fingerprint density at radius 1 is 1.09 bits per heavy atom. The van der Waals surface area contributed by atoms with Crippen LogP contribution in [-0.4, -0.2) is 36.4 Å². The van der Waals surface area contributed by atoms with Crippen molar-refractivity contribution in [1.82, 2.24) is 9.97 Å². The third-order valence-corrected chi connectivity index (χ3v) is 5.71. The molecule has 1 fully saturated rings. The molecule has 182 valence electrons. The lowest BCUT2D eigenvalue weighted by atomic mass is 10.0. The number of aryl methyl sites for hydroxylation is 1. The second-order valence-corrected chi connectivity index (χ2v) is 8.32. The van der Waals surface area contributed by atoms with Crippen molar-refractivity contribution in [1.29, 1.82) is 0 Å². The molecule has 1 aromatic heterocycles. The van der Waals surface area contributed by atoms with Gasteiger partial charge in [0.15, 0.2) is 11.5 Å². The van der Waals surface area contributed by atoms with Crippen LogP contribution in [0.5, 0.6) is 11.5 Å². The highest BCUT2D eigenvalue weighted by atomic mass is 19.4. The van der Waals surface area contributed by atoms with E-state index in [1.54, 1.807) is 33.1 Å². The first-order chi connectivity index (χ1) is 16.1. The summed E-state index contributed by atoms with van der Waals surface area (Å²) in [6.45, 7) is 4.79. The Balaban J connectivity index is 1.68. The van der Waals surface area contributed by atoms with Crippen molar-refractivity contribution in [2.24, 2.45) is 0 Å². The van der Waals surface area contributed by atoms with E-state index in [2.05, 4.69) is 15.3 Å². The van der Waals surface area contributed by atoms with Crippen LogP contribution in [0, 0.1) is 6.92 Å². The van der Waals surface area contributed by atoms with E-state index in [4.69, 9.17) is 19.9 Å². The van der Waals surface area contributed by atoms with E-state index in [0.717, 1.165) is 25.0 Å². The molecule has 0 aliphatic carbocycles. The molecular weight excluding hydrogens is 449 g/mol. The topological polar surface area (TPSA) is 91.5 Å². The lowest BCUT2D eigenvalue weighted by Gasteiger charge is -2.24. The summed E-state index contributed by atoms with van der Waals surface area (Å²) in [5.41, 5.74) is 6.01. The standard InChI is InChI=1S/C24H27F3N4O3/c1-13(15-8-16(24(25,26)27)10-17(28)9-15)29-23-19-11-21(32-3)22(12-20(19)30-14(2)31-23)34-18-4-6-33-7-5-18/h8-13,18H,4-7,28H2,1-3H3,(H,29,30,31). The van der Waals surface area contributed by atoms with Crippen LogP contribution >= 0.6 is 0 Å². The van der Waals surface area contributed by atoms with Gasteiger partial charge in [-0.25, -0.2) is 9.97 Å². The van der Waals surface area contributed by atoms with Gasteiger partial charge >= 0.3 is 6.18 Å². The average molecular weight is 476 g/mol. The minimum absolute atomic E-state index is 0.0204. The van der Waals surface area contributed by atoms with Crippen molar-refractivity contribution in [3.63, 3.8) is 0 Å². The Morgan fingerprint density at radius 2 is 1.82 bits per heavy atom. The van der Waals surface area contributed by atoms with Gasteiger partial charge in [-0.3, -0.25) is 0 Å². The number of hydrogen-bond acceptors (Lipinski definition) is 7. The molecule has 1 aliphatic heterocycles. The van der Waals surface area contributed by atoms with Gasteiger partial charge in [0, 0.05) is 30.0 Å². The van der Waals surface area contributed by atoms with Crippen molar-refractivity contribution in [2.45, 2.75) is 45.0 Å². The maximum Gasteiger partial charge on any atom is 0.416 e. The number of nitrogen functional groups attached to an aromatic ring is 1. The highest BCUT2D eigenvalue weighted by molar-refractivity contribution is 5.92. The number of nitrogens with zero attached hydrogens (tertiary/aromatic N) is 2. The van der Waals surface area contributed by atoms with Gasteiger partial charge in [0.25, 0.3) is 0 Å². The van der Waals surface area contributed by atoms with E-state index < -0.39 is 17.8 Å². The van der Waals surface area contributed by atoms with Gasteiger partial charge in [0.05, 0.1) is 37.4 Å². The molecule has 34 heavy (non-hydrogen) atoms. The third kappa shape index (κ3) is 5.27. The number of fused-ring (bicyclic) bond motifs is 1. The van der Waals surface area contributed by atoms with Crippen LogP contribution in [0.15, 0.2) is 30.3 Å². The first kappa shape index (κ1) is 23.9. The zero-order valence-electron chi connectivity index (χ0n) is 19.2. The van der Waals surface area contributed by atoms with Crippen LogP contribution in [0.4, 0.5) is 24.7 Å². The largest absolute Gasteiger partial charge is 0.493 e. The normalized spacial score (nSPS) is 15.8. The molecule has 7 nitrogen and oxygen atoms in total. The van der Waals surface area contributed by atoms with E-state index in [0.29, 0.717) is 52.8 Å². The number of aromatic nitrogens is 2. The fourth-order valence-corrected chi connectivity index (χ4v) is 3.97. The number of anilines is 2. The number of methoxy groups -OCH3 is 1. The summed E-state index contributed by atoms with van der Waals surface area (Å²) in [4.78, 5) is 9.02. The zero-order valence-corrected chi connectivity index (χ0v) is 19.2. The summed E-state index contributed by atoms with van der Waals surface area (Å²) in [5.74, 6) is 2.07. The molecule has 1 saturated heterocycles. The van der Waals surface area contributed by atoms with E-state index in [1.807, 2.05) is 0 Å². The highest BCUT2D eigenvalue weighted by Gasteiger charge is 2.31. The van der Waals surface area contributed by atoms with Gasteiger partial charge in [-0.15, -0.1) is 0 Å². The lowest BCUT2D eigenvalue weighted by molar-refractivity contribution is -0.137. The van der Waals surface area contributed by atoms with Crippen LogP contribution in [0.3, 0.4) is 0 Å². The monoisotopic (exact) mass is 476 g/mol. The lowest BCUT2D eigenvalue weighted by Crippen LogP contribution is -2.26. The van der Waals surface area contributed by atoms with Crippen LogP contribution in [0.25, 0.3) is 10.9 Å². The minimum atomic E-state index is -4.49. The van der Waals surface area contributed by atoms with Crippen LogP contribution < -0.4 is 20.5 Å². The fraction of sp³-hybridized carbons (Fsp3) is 0.417. The van der Waals surface area contributed by atoms with Gasteiger partial charge in [0.2, 0.25) is 0 Å². The first-order valence-electron chi connectivity index (χ1n) is 11.0. The number of nitrogens with two attached hydrogens (primary N) is 1. The van der Waals surface area contributed by atoms with Crippen LogP contribution in [0.1, 0.15) is 42.8 Å². The van der Waals surface area contributed by atoms with Crippen LogP contribution in [-0.2, 0) is 10.9 Å². The molecule has 3 N–H and O–H groups in total. The second kappa shape index (κ2) is 9.54. The summed E-state index contributed by atoms with van der Waals surface area (Å²) >= 11 is 0. The Kier molecular flexibility index (Phi) is 6.70. The maximum absolute atomic E-state index is 13.3. The van der Waals surface area contributed by atoms with Gasteiger partial charge < -0.3 is 25.3 Å². The highest BCUT2D eigenvalue weighted by Crippen LogP contribution is 2.37. The number of ether oxygens (including phenoxy) is 3. The predicted molar refractivity (Wildman–Crippen MR) is 123 cm³/mol. The average Bonchev–Trinajstić information content (AvgIpc) is 2.78. The molecule has 4 rings (SSSR count). The van der Waals surface area contributed by atoms with Gasteiger partial charge in [-0.1, -0.05) is 0 Å². The van der Waals surface area contributed by atoms with Crippen molar-refractivity contribution < 1.29 is 27.4 Å². The summed E-state index contributed by atoms with van der Waals surface area (Å²) in [5, 5.41) is 3.87. The first-order valence-corrected chi connectivity index (χ1v) is 11.0. The molecule has 0 spiro atoms.